The summed E-state index contributed by atoms with van der Waals surface area (Å²) in [6, 6.07) is 5.04. The van der Waals surface area contributed by atoms with Crippen LogP contribution in [0.5, 0.6) is 0 Å². The Morgan fingerprint density at radius 2 is 2.05 bits per heavy atom. The molecule has 1 N–H and O–H groups in total. The maximum absolute atomic E-state index is 11.3. The molecule has 118 valence electrons. The minimum absolute atomic E-state index is 0.656. The van der Waals surface area contributed by atoms with E-state index in [1.54, 1.807) is 0 Å². The fraction of sp³-hybridized carbons (Fsp3) is 0.526. The third kappa shape index (κ3) is 2.70. The number of hydrogen-bond acceptors (Lipinski definition) is 2. The Hall–Kier alpha value is -1.61. The van der Waals surface area contributed by atoms with Crippen molar-refractivity contribution in [3.8, 4) is 0 Å². The normalized spacial score (nSPS) is 17.9. The Morgan fingerprint density at radius 3 is 2.73 bits per heavy atom. The van der Waals surface area contributed by atoms with Crippen molar-refractivity contribution in [2.24, 2.45) is 0 Å². The predicted molar refractivity (Wildman–Crippen MR) is 91.7 cm³/mol. The summed E-state index contributed by atoms with van der Waals surface area (Å²) in [4.78, 5) is 17.2. The number of aldehydes is 1. The van der Waals surface area contributed by atoms with Crippen molar-refractivity contribution in [2.75, 3.05) is 13.1 Å². The van der Waals surface area contributed by atoms with Crippen LogP contribution in [-0.2, 0) is 12.8 Å². The zero-order valence-corrected chi connectivity index (χ0v) is 13.7. The van der Waals surface area contributed by atoms with Gasteiger partial charge in [0.15, 0.2) is 6.29 Å². The van der Waals surface area contributed by atoms with E-state index in [9.17, 15) is 4.79 Å². The first kappa shape index (κ1) is 15.3. The van der Waals surface area contributed by atoms with Gasteiger partial charge in [0.2, 0.25) is 0 Å². The monoisotopic (exact) mass is 298 g/mol. The Morgan fingerprint density at radius 1 is 1.27 bits per heavy atom. The van der Waals surface area contributed by atoms with Crippen LogP contribution in [0.4, 0.5) is 0 Å². The van der Waals surface area contributed by atoms with Crippen LogP contribution < -0.4 is 0 Å². The van der Waals surface area contributed by atoms with Gasteiger partial charge in [-0.3, -0.25) is 4.79 Å². The molecular formula is C19H26N2O. The predicted octanol–water partition coefficient (Wildman–Crippen LogP) is 3.96. The molecule has 1 aliphatic carbocycles. The first-order valence-electron chi connectivity index (χ1n) is 8.59. The molecule has 0 bridgehead atoms. The Labute approximate surface area is 132 Å². The molecule has 0 spiro atoms. The number of carbonyl (C=O) groups excluding carboxylic acids is 1. The Balaban J connectivity index is 1.91. The molecule has 0 radical (unpaired) electrons. The van der Waals surface area contributed by atoms with E-state index in [1.807, 2.05) is 6.20 Å². The third-order valence-corrected chi connectivity index (χ3v) is 4.93. The van der Waals surface area contributed by atoms with Crippen molar-refractivity contribution < 1.29 is 4.79 Å². The molecule has 1 atom stereocenters. The molecule has 3 rings (SSSR count). The molecule has 0 saturated heterocycles. The molecule has 0 unspecified atom stereocenters. The van der Waals surface area contributed by atoms with E-state index >= 15 is 0 Å². The van der Waals surface area contributed by atoms with Crippen molar-refractivity contribution >= 4 is 17.2 Å². The second kappa shape index (κ2) is 6.66. The van der Waals surface area contributed by atoms with Crippen LogP contribution in [0.2, 0.25) is 0 Å². The van der Waals surface area contributed by atoms with E-state index in [2.05, 4.69) is 35.9 Å². The van der Waals surface area contributed by atoms with Gasteiger partial charge in [-0.25, -0.2) is 0 Å². The van der Waals surface area contributed by atoms with Crippen LogP contribution in [0.15, 0.2) is 18.3 Å². The highest BCUT2D eigenvalue weighted by Gasteiger charge is 2.25. The van der Waals surface area contributed by atoms with E-state index in [0.717, 1.165) is 35.6 Å². The largest absolute Gasteiger partial charge is 0.360 e. The average Bonchev–Trinajstić information content (AvgIpc) is 2.97. The van der Waals surface area contributed by atoms with Gasteiger partial charge < -0.3 is 9.88 Å². The minimum atomic E-state index is 0.656. The maximum Gasteiger partial charge on any atom is 0.152 e. The summed E-state index contributed by atoms with van der Waals surface area (Å²) < 4.78 is 0. The van der Waals surface area contributed by atoms with E-state index in [4.69, 9.17) is 0 Å². The van der Waals surface area contributed by atoms with Crippen LogP contribution in [0.3, 0.4) is 0 Å². The molecular weight excluding hydrogens is 272 g/mol. The maximum atomic E-state index is 11.3. The standard InChI is InChI=1S/C19H26N2O/c1-3-9-21(10-4-2)16-6-7-17-14(11-16)5-8-18-19(17)15(13-22)12-20-18/h5,8,12-13,16,20H,3-4,6-7,9-11H2,1-2H3/t16-/m0/s1. The molecule has 3 heteroatoms. The molecule has 1 heterocycles. The zero-order chi connectivity index (χ0) is 15.5. The molecule has 1 aromatic carbocycles. The highest BCUT2D eigenvalue weighted by molar-refractivity contribution is 5.99. The summed E-state index contributed by atoms with van der Waals surface area (Å²) in [6.07, 6.45) is 8.66. The SMILES string of the molecule is CCCN(CCC)[C@H]1CCc2c(ccc3[nH]cc(C=O)c23)C1. The number of hydrogen-bond donors (Lipinski definition) is 1. The molecule has 0 aliphatic heterocycles. The van der Waals surface area contributed by atoms with Crippen molar-refractivity contribution in [3.05, 3.63) is 35.0 Å². The molecule has 1 aliphatic rings. The molecule has 0 saturated carbocycles. The van der Waals surface area contributed by atoms with Crippen molar-refractivity contribution in [2.45, 2.75) is 52.0 Å². The summed E-state index contributed by atoms with van der Waals surface area (Å²) in [6.45, 7) is 6.91. The second-order valence-corrected chi connectivity index (χ2v) is 6.42. The van der Waals surface area contributed by atoms with E-state index in [0.29, 0.717) is 6.04 Å². The van der Waals surface area contributed by atoms with Crippen LogP contribution in [0.25, 0.3) is 10.9 Å². The fourth-order valence-corrected chi connectivity index (χ4v) is 3.97. The Bertz CT molecular complexity index is 653. The summed E-state index contributed by atoms with van der Waals surface area (Å²) in [5.74, 6) is 0. The number of nitrogens with one attached hydrogen (secondary N) is 1. The molecule has 1 aromatic heterocycles. The van der Waals surface area contributed by atoms with Gasteiger partial charge in [0.25, 0.3) is 0 Å². The average molecular weight is 298 g/mol. The summed E-state index contributed by atoms with van der Waals surface area (Å²) in [7, 11) is 0. The minimum Gasteiger partial charge on any atom is -0.360 e. The number of aromatic nitrogens is 1. The fourth-order valence-electron chi connectivity index (χ4n) is 3.97. The van der Waals surface area contributed by atoms with Gasteiger partial charge in [0, 0.05) is 28.7 Å². The van der Waals surface area contributed by atoms with Gasteiger partial charge in [-0.15, -0.1) is 0 Å². The quantitative estimate of drug-likeness (QED) is 0.819. The summed E-state index contributed by atoms with van der Waals surface area (Å²) in [5, 5.41) is 1.16. The lowest BCUT2D eigenvalue weighted by atomic mass is 9.84. The van der Waals surface area contributed by atoms with E-state index in [1.165, 1.54) is 43.5 Å². The van der Waals surface area contributed by atoms with Crippen LogP contribution in [-0.4, -0.2) is 35.3 Å². The van der Waals surface area contributed by atoms with Crippen molar-refractivity contribution in [1.82, 2.24) is 9.88 Å². The smallest absolute Gasteiger partial charge is 0.152 e. The number of carbonyl (C=O) groups is 1. The molecule has 22 heavy (non-hydrogen) atoms. The van der Waals surface area contributed by atoms with Crippen molar-refractivity contribution in [1.29, 1.82) is 0 Å². The number of fused-ring (bicyclic) bond motifs is 3. The van der Waals surface area contributed by atoms with Gasteiger partial charge in [-0.2, -0.15) is 0 Å². The lowest BCUT2D eigenvalue weighted by Crippen LogP contribution is -2.40. The van der Waals surface area contributed by atoms with Crippen molar-refractivity contribution in [3.63, 3.8) is 0 Å². The summed E-state index contributed by atoms with van der Waals surface area (Å²) >= 11 is 0. The first-order chi connectivity index (χ1) is 10.8. The number of nitrogens with zero attached hydrogens (tertiary/aromatic N) is 1. The van der Waals surface area contributed by atoms with Gasteiger partial charge in [-0.1, -0.05) is 19.9 Å². The molecule has 2 aromatic rings. The molecule has 0 amide bonds. The van der Waals surface area contributed by atoms with E-state index in [-0.39, 0.29) is 0 Å². The van der Waals surface area contributed by atoms with Gasteiger partial charge in [0.05, 0.1) is 0 Å². The number of aryl methyl sites for hydroxylation is 1. The van der Waals surface area contributed by atoms with Crippen LogP contribution >= 0.6 is 0 Å². The topological polar surface area (TPSA) is 36.1 Å². The highest BCUT2D eigenvalue weighted by Crippen LogP contribution is 2.32. The summed E-state index contributed by atoms with van der Waals surface area (Å²) in [5.41, 5.74) is 4.73. The lowest BCUT2D eigenvalue weighted by molar-refractivity contribution is 0.112. The third-order valence-electron chi connectivity index (χ3n) is 4.93. The number of aromatic amines is 1. The molecule has 3 nitrogen and oxygen atoms in total. The van der Waals surface area contributed by atoms with Crippen LogP contribution in [0.1, 0.15) is 54.6 Å². The first-order valence-corrected chi connectivity index (χ1v) is 8.59. The number of benzene rings is 1. The highest BCUT2D eigenvalue weighted by atomic mass is 16.1. The number of rotatable bonds is 6. The Kier molecular flexibility index (Phi) is 4.63. The van der Waals surface area contributed by atoms with Gasteiger partial charge >= 0.3 is 0 Å². The molecule has 0 fully saturated rings. The zero-order valence-electron chi connectivity index (χ0n) is 13.7. The lowest BCUT2D eigenvalue weighted by Gasteiger charge is -2.35. The van der Waals surface area contributed by atoms with Crippen LogP contribution in [0, 0.1) is 0 Å². The second-order valence-electron chi connectivity index (χ2n) is 6.42. The van der Waals surface area contributed by atoms with Gasteiger partial charge in [0.1, 0.15) is 0 Å². The number of H-pyrrole nitrogens is 1. The van der Waals surface area contributed by atoms with Gasteiger partial charge in [-0.05, 0) is 62.4 Å². The van der Waals surface area contributed by atoms with E-state index < -0.39 is 0 Å².